The number of benzene rings is 1. The molecule has 2 N–H and O–H groups in total. The van der Waals surface area contributed by atoms with Crippen molar-refractivity contribution in [1.29, 1.82) is 0 Å². The Morgan fingerprint density at radius 1 is 1.39 bits per heavy atom. The van der Waals surface area contributed by atoms with Crippen LogP contribution in [0.4, 0.5) is 5.82 Å². The van der Waals surface area contributed by atoms with Crippen molar-refractivity contribution in [3.05, 3.63) is 18.2 Å². The van der Waals surface area contributed by atoms with E-state index in [2.05, 4.69) is 19.9 Å². The third-order valence-electron chi connectivity index (χ3n) is 2.39. The van der Waals surface area contributed by atoms with Crippen LogP contribution >= 0.6 is 11.3 Å². The Bertz CT molecular complexity index is 691. The lowest BCUT2D eigenvalue weighted by Gasteiger charge is -2.00. The Kier molecular flexibility index (Phi) is 2.60. The summed E-state index contributed by atoms with van der Waals surface area (Å²) in [6.07, 6.45) is 0. The Morgan fingerprint density at radius 3 is 3.00 bits per heavy atom. The number of nitrogens with two attached hydrogens (primary N) is 1. The first-order valence-corrected chi connectivity index (χ1v) is 6.21. The summed E-state index contributed by atoms with van der Waals surface area (Å²) in [6, 6.07) is 5.74. The average molecular weight is 262 g/mol. The minimum absolute atomic E-state index is 0.249. The molecule has 0 saturated carbocycles. The van der Waals surface area contributed by atoms with E-state index < -0.39 is 0 Å². The zero-order valence-corrected chi connectivity index (χ0v) is 10.4. The molecule has 0 saturated heterocycles. The number of fused-ring (bicyclic) bond motifs is 1. The van der Waals surface area contributed by atoms with Gasteiger partial charge in [-0.15, -0.1) is 11.3 Å². The lowest BCUT2D eigenvalue weighted by Crippen LogP contribution is -1.90. The van der Waals surface area contributed by atoms with Crippen molar-refractivity contribution < 1.29 is 9.37 Å². The lowest BCUT2D eigenvalue weighted by molar-refractivity contribution is 0.310. The van der Waals surface area contributed by atoms with Gasteiger partial charge in [0.15, 0.2) is 16.5 Å². The van der Waals surface area contributed by atoms with Crippen molar-refractivity contribution in [1.82, 2.24) is 15.3 Å². The van der Waals surface area contributed by atoms with Gasteiger partial charge in [0, 0.05) is 0 Å². The molecule has 7 heteroatoms. The summed E-state index contributed by atoms with van der Waals surface area (Å²) in [4.78, 5) is 4.44. The van der Waals surface area contributed by atoms with Crippen molar-refractivity contribution >= 4 is 27.4 Å². The van der Waals surface area contributed by atoms with Crippen molar-refractivity contribution in [2.24, 2.45) is 0 Å². The number of aromatic nitrogens is 3. The first-order valence-electron chi connectivity index (χ1n) is 5.39. The SMILES string of the molecule is CCOc1ccc2nc(-c3nonc3N)sc2c1. The van der Waals surface area contributed by atoms with Gasteiger partial charge in [-0.2, -0.15) is 0 Å². The van der Waals surface area contributed by atoms with Gasteiger partial charge in [0.1, 0.15) is 5.75 Å². The zero-order chi connectivity index (χ0) is 12.5. The fraction of sp³-hybridized carbons (Fsp3) is 0.182. The summed E-state index contributed by atoms with van der Waals surface area (Å²) in [6.45, 7) is 2.58. The highest BCUT2D eigenvalue weighted by Crippen LogP contribution is 2.33. The van der Waals surface area contributed by atoms with Gasteiger partial charge in [0.05, 0.1) is 16.8 Å². The van der Waals surface area contributed by atoms with Crippen LogP contribution in [0.25, 0.3) is 20.9 Å². The van der Waals surface area contributed by atoms with Crippen LogP contribution in [0.3, 0.4) is 0 Å². The Balaban J connectivity index is 2.08. The van der Waals surface area contributed by atoms with E-state index in [9.17, 15) is 0 Å². The fourth-order valence-corrected chi connectivity index (χ4v) is 2.59. The second-order valence-electron chi connectivity index (χ2n) is 3.58. The molecular formula is C11H10N4O2S. The average Bonchev–Trinajstić information content (AvgIpc) is 2.94. The van der Waals surface area contributed by atoms with E-state index in [0.29, 0.717) is 17.3 Å². The molecule has 18 heavy (non-hydrogen) atoms. The summed E-state index contributed by atoms with van der Waals surface area (Å²) < 4.78 is 11.0. The van der Waals surface area contributed by atoms with E-state index in [4.69, 9.17) is 10.5 Å². The maximum Gasteiger partial charge on any atom is 0.198 e. The number of ether oxygens (including phenoxy) is 1. The van der Waals surface area contributed by atoms with Gasteiger partial charge in [-0.25, -0.2) is 9.61 Å². The molecule has 0 spiro atoms. The van der Waals surface area contributed by atoms with E-state index in [1.807, 2.05) is 25.1 Å². The van der Waals surface area contributed by atoms with E-state index in [0.717, 1.165) is 16.0 Å². The van der Waals surface area contributed by atoms with E-state index in [1.54, 1.807) is 0 Å². The number of nitrogen functional groups attached to an aromatic ring is 1. The topological polar surface area (TPSA) is 87.1 Å². The second kappa shape index (κ2) is 4.26. The molecule has 0 radical (unpaired) electrons. The van der Waals surface area contributed by atoms with Gasteiger partial charge in [0.2, 0.25) is 0 Å². The number of hydrogen-bond donors (Lipinski definition) is 1. The quantitative estimate of drug-likeness (QED) is 0.779. The molecular weight excluding hydrogens is 252 g/mol. The van der Waals surface area contributed by atoms with Gasteiger partial charge >= 0.3 is 0 Å². The highest BCUT2D eigenvalue weighted by Gasteiger charge is 2.14. The first-order chi connectivity index (χ1) is 8.78. The minimum Gasteiger partial charge on any atom is -0.494 e. The molecule has 1 aromatic carbocycles. The van der Waals surface area contributed by atoms with Crippen molar-refractivity contribution in [2.45, 2.75) is 6.92 Å². The van der Waals surface area contributed by atoms with Gasteiger partial charge in [-0.3, -0.25) is 0 Å². The van der Waals surface area contributed by atoms with Crippen LogP contribution in [0.5, 0.6) is 5.75 Å². The lowest BCUT2D eigenvalue weighted by atomic mass is 10.3. The van der Waals surface area contributed by atoms with Gasteiger partial charge in [-0.05, 0) is 35.4 Å². The maximum atomic E-state index is 5.65. The molecule has 0 bridgehead atoms. The van der Waals surface area contributed by atoms with Crippen LogP contribution in [0.1, 0.15) is 6.92 Å². The molecule has 6 nitrogen and oxygen atoms in total. The number of anilines is 1. The third-order valence-corrected chi connectivity index (χ3v) is 3.41. The molecule has 0 aliphatic carbocycles. The molecule has 0 aliphatic rings. The monoisotopic (exact) mass is 262 g/mol. The molecule has 0 unspecified atom stereocenters. The van der Waals surface area contributed by atoms with Crippen LogP contribution in [0.15, 0.2) is 22.8 Å². The summed E-state index contributed by atoms with van der Waals surface area (Å²) in [5, 5.41) is 7.98. The van der Waals surface area contributed by atoms with Crippen molar-refractivity contribution in [2.75, 3.05) is 12.3 Å². The predicted molar refractivity (Wildman–Crippen MR) is 68.5 cm³/mol. The molecule has 3 aromatic rings. The van der Waals surface area contributed by atoms with Crippen LogP contribution < -0.4 is 10.5 Å². The van der Waals surface area contributed by atoms with E-state index in [-0.39, 0.29) is 5.82 Å². The van der Waals surface area contributed by atoms with Crippen LogP contribution in [0, 0.1) is 0 Å². The first kappa shape index (κ1) is 11.0. The summed E-state index contributed by atoms with van der Waals surface area (Å²) in [5.41, 5.74) is 7.00. The molecule has 92 valence electrons. The van der Waals surface area contributed by atoms with E-state index >= 15 is 0 Å². The molecule has 0 atom stereocenters. The molecule has 0 aliphatic heterocycles. The molecule has 0 amide bonds. The summed E-state index contributed by atoms with van der Waals surface area (Å²) in [5.74, 6) is 1.07. The highest BCUT2D eigenvalue weighted by molar-refractivity contribution is 7.21. The molecule has 0 fully saturated rings. The van der Waals surface area contributed by atoms with Crippen molar-refractivity contribution in [3.63, 3.8) is 0 Å². The molecule has 3 rings (SSSR count). The van der Waals surface area contributed by atoms with E-state index in [1.165, 1.54) is 11.3 Å². The van der Waals surface area contributed by atoms with Crippen LogP contribution in [0.2, 0.25) is 0 Å². The smallest absolute Gasteiger partial charge is 0.198 e. The predicted octanol–water partition coefficient (Wildman–Crippen LogP) is 2.33. The number of thiazole rings is 1. The Morgan fingerprint density at radius 2 is 2.28 bits per heavy atom. The highest BCUT2D eigenvalue weighted by atomic mass is 32.1. The second-order valence-corrected chi connectivity index (χ2v) is 4.61. The van der Waals surface area contributed by atoms with Gasteiger partial charge in [0.25, 0.3) is 0 Å². The molecule has 2 aromatic heterocycles. The van der Waals surface area contributed by atoms with Gasteiger partial charge in [-0.1, -0.05) is 0 Å². The van der Waals surface area contributed by atoms with Crippen LogP contribution in [-0.4, -0.2) is 21.9 Å². The zero-order valence-electron chi connectivity index (χ0n) is 9.58. The molecule has 2 heterocycles. The Labute approximate surface area is 106 Å². The number of rotatable bonds is 3. The normalized spacial score (nSPS) is 10.9. The maximum absolute atomic E-state index is 5.65. The summed E-state index contributed by atoms with van der Waals surface area (Å²) >= 11 is 1.48. The largest absolute Gasteiger partial charge is 0.494 e. The van der Waals surface area contributed by atoms with Crippen molar-refractivity contribution in [3.8, 4) is 16.5 Å². The minimum atomic E-state index is 0.249. The fourth-order valence-electron chi connectivity index (χ4n) is 1.61. The third kappa shape index (κ3) is 1.78. The standard InChI is InChI=1S/C11H10N4O2S/c1-2-16-6-3-4-7-8(5-6)18-11(13-7)9-10(12)15-17-14-9/h3-5H,2H2,1H3,(H2,12,15). The van der Waals surface area contributed by atoms with Crippen LogP contribution in [-0.2, 0) is 0 Å². The summed E-state index contributed by atoms with van der Waals surface area (Å²) in [7, 11) is 0. The van der Waals surface area contributed by atoms with Gasteiger partial charge < -0.3 is 10.5 Å². The number of hydrogen-bond acceptors (Lipinski definition) is 7. The Hall–Kier alpha value is -2.15. The number of nitrogens with zero attached hydrogens (tertiary/aromatic N) is 3.